The molecule has 0 saturated heterocycles. The Morgan fingerprint density at radius 2 is 1.84 bits per heavy atom. The largest absolute Gasteiger partial charge is 0.494 e. The number of nitrogens with zero attached hydrogens (tertiary/aromatic N) is 1. The SMILES string of the molecule is CCCCCCn1cc(C[C@H](CO)NC(=O)c2cccc(-c3ccc(OC)c(F)c3)c2)c2ccccc21. The van der Waals surface area contributed by atoms with Gasteiger partial charge < -0.3 is 19.7 Å². The molecule has 5 nitrogen and oxygen atoms in total. The van der Waals surface area contributed by atoms with Crippen molar-refractivity contribution in [1.82, 2.24) is 9.88 Å². The minimum Gasteiger partial charge on any atom is -0.494 e. The maximum absolute atomic E-state index is 14.2. The van der Waals surface area contributed by atoms with E-state index < -0.39 is 11.9 Å². The summed E-state index contributed by atoms with van der Waals surface area (Å²) in [5.74, 6) is -0.566. The van der Waals surface area contributed by atoms with Crippen molar-refractivity contribution in [3.63, 3.8) is 0 Å². The van der Waals surface area contributed by atoms with Crippen molar-refractivity contribution in [3.05, 3.63) is 89.9 Å². The van der Waals surface area contributed by atoms with Crippen LogP contribution in [0.1, 0.15) is 48.5 Å². The summed E-state index contributed by atoms with van der Waals surface area (Å²) in [6.07, 6.45) is 7.45. The number of ether oxygens (including phenoxy) is 1. The van der Waals surface area contributed by atoms with Crippen molar-refractivity contribution in [2.75, 3.05) is 13.7 Å². The van der Waals surface area contributed by atoms with Crippen LogP contribution in [0.25, 0.3) is 22.0 Å². The summed E-state index contributed by atoms with van der Waals surface area (Å²) in [5.41, 5.74) is 4.11. The molecule has 0 unspecified atom stereocenters. The van der Waals surface area contributed by atoms with Gasteiger partial charge in [-0.15, -0.1) is 0 Å². The second-order valence-electron chi connectivity index (χ2n) is 9.41. The van der Waals surface area contributed by atoms with E-state index in [1.807, 2.05) is 18.2 Å². The number of aliphatic hydroxyl groups is 1. The molecule has 0 fully saturated rings. The highest BCUT2D eigenvalue weighted by Gasteiger charge is 2.18. The number of aromatic nitrogens is 1. The summed E-state index contributed by atoms with van der Waals surface area (Å²) in [6.45, 7) is 2.99. The van der Waals surface area contributed by atoms with E-state index in [1.165, 1.54) is 38.0 Å². The van der Waals surface area contributed by atoms with Crippen LogP contribution in [0.3, 0.4) is 0 Å². The molecule has 4 aromatic rings. The minimum atomic E-state index is -0.459. The maximum atomic E-state index is 14.2. The molecule has 37 heavy (non-hydrogen) atoms. The zero-order valence-corrected chi connectivity index (χ0v) is 21.5. The number of carbonyl (C=O) groups excluding carboxylic acids is 1. The lowest BCUT2D eigenvalue weighted by Gasteiger charge is -2.16. The summed E-state index contributed by atoms with van der Waals surface area (Å²) in [6, 6.07) is 19.6. The van der Waals surface area contributed by atoms with Gasteiger partial charge in [-0.25, -0.2) is 4.39 Å². The van der Waals surface area contributed by atoms with Gasteiger partial charge in [-0.1, -0.05) is 62.6 Å². The van der Waals surface area contributed by atoms with Gasteiger partial charge in [0.2, 0.25) is 0 Å². The molecule has 0 aliphatic carbocycles. The highest BCUT2D eigenvalue weighted by Crippen LogP contribution is 2.27. The molecule has 1 atom stereocenters. The number of rotatable bonds is 12. The Balaban J connectivity index is 1.49. The number of amides is 1. The fourth-order valence-corrected chi connectivity index (χ4v) is 4.76. The Labute approximate surface area is 217 Å². The Bertz CT molecular complexity index is 1350. The lowest BCUT2D eigenvalue weighted by atomic mass is 10.0. The Hall–Kier alpha value is -3.64. The van der Waals surface area contributed by atoms with E-state index in [0.29, 0.717) is 17.5 Å². The van der Waals surface area contributed by atoms with E-state index in [4.69, 9.17) is 4.74 Å². The Morgan fingerprint density at radius 3 is 2.59 bits per heavy atom. The van der Waals surface area contributed by atoms with E-state index in [2.05, 4.69) is 35.1 Å². The van der Waals surface area contributed by atoms with Crippen LogP contribution < -0.4 is 10.1 Å². The minimum absolute atomic E-state index is 0.172. The van der Waals surface area contributed by atoms with E-state index >= 15 is 0 Å². The van der Waals surface area contributed by atoms with Gasteiger partial charge in [-0.05, 0) is 59.9 Å². The summed E-state index contributed by atoms with van der Waals surface area (Å²) < 4.78 is 21.5. The van der Waals surface area contributed by atoms with Crippen molar-refractivity contribution in [2.24, 2.45) is 0 Å². The fourth-order valence-electron chi connectivity index (χ4n) is 4.76. The predicted molar refractivity (Wildman–Crippen MR) is 147 cm³/mol. The third-order valence-corrected chi connectivity index (χ3v) is 6.76. The van der Waals surface area contributed by atoms with E-state index in [0.717, 1.165) is 29.5 Å². The molecule has 1 heterocycles. The summed E-state index contributed by atoms with van der Waals surface area (Å²) in [4.78, 5) is 13.1. The Kier molecular flexibility index (Phi) is 8.96. The van der Waals surface area contributed by atoms with Gasteiger partial charge in [0.25, 0.3) is 5.91 Å². The quantitative estimate of drug-likeness (QED) is 0.221. The molecule has 3 aromatic carbocycles. The molecular weight excluding hydrogens is 467 g/mol. The zero-order valence-electron chi connectivity index (χ0n) is 21.5. The lowest BCUT2D eigenvalue weighted by molar-refractivity contribution is 0.0916. The number of fused-ring (bicyclic) bond motifs is 1. The van der Waals surface area contributed by atoms with Crippen molar-refractivity contribution >= 4 is 16.8 Å². The van der Waals surface area contributed by atoms with Gasteiger partial charge in [0, 0.05) is 29.2 Å². The van der Waals surface area contributed by atoms with Crippen LogP contribution in [-0.2, 0) is 13.0 Å². The summed E-state index contributed by atoms with van der Waals surface area (Å²) in [5, 5.41) is 14.2. The second kappa shape index (κ2) is 12.5. The molecular formula is C31H35FN2O3. The van der Waals surface area contributed by atoms with E-state index in [9.17, 15) is 14.3 Å². The second-order valence-corrected chi connectivity index (χ2v) is 9.41. The van der Waals surface area contributed by atoms with Gasteiger partial charge >= 0.3 is 0 Å². The van der Waals surface area contributed by atoms with Crippen LogP contribution in [0.5, 0.6) is 5.75 Å². The van der Waals surface area contributed by atoms with Gasteiger partial charge in [0.15, 0.2) is 11.6 Å². The average Bonchev–Trinajstić information content (AvgIpc) is 3.27. The molecule has 0 radical (unpaired) electrons. The third-order valence-electron chi connectivity index (χ3n) is 6.76. The number of unbranched alkanes of at least 4 members (excludes halogenated alkanes) is 3. The first kappa shape index (κ1) is 26.4. The van der Waals surface area contributed by atoms with Crippen LogP contribution in [0.2, 0.25) is 0 Å². The molecule has 1 aromatic heterocycles. The van der Waals surface area contributed by atoms with Crippen LogP contribution in [-0.4, -0.2) is 35.3 Å². The van der Waals surface area contributed by atoms with E-state index in [-0.39, 0.29) is 18.3 Å². The third kappa shape index (κ3) is 6.38. The van der Waals surface area contributed by atoms with Gasteiger partial charge in [-0.2, -0.15) is 0 Å². The molecule has 4 rings (SSSR count). The van der Waals surface area contributed by atoms with Gasteiger partial charge in [0.1, 0.15) is 0 Å². The monoisotopic (exact) mass is 502 g/mol. The topological polar surface area (TPSA) is 63.5 Å². The number of halogens is 1. The van der Waals surface area contributed by atoms with Crippen molar-refractivity contribution in [1.29, 1.82) is 0 Å². The molecule has 0 saturated carbocycles. The van der Waals surface area contributed by atoms with Crippen molar-refractivity contribution in [2.45, 2.75) is 51.6 Å². The normalized spacial score (nSPS) is 12.0. The number of aryl methyl sites for hydroxylation is 1. The highest BCUT2D eigenvalue weighted by atomic mass is 19.1. The van der Waals surface area contributed by atoms with Crippen LogP contribution >= 0.6 is 0 Å². The average molecular weight is 503 g/mol. The first-order valence-corrected chi connectivity index (χ1v) is 13.0. The Morgan fingerprint density at radius 1 is 1.03 bits per heavy atom. The number of para-hydroxylation sites is 1. The smallest absolute Gasteiger partial charge is 0.251 e. The number of hydrogen-bond acceptors (Lipinski definition) is 3. The van der Waals surface area contributed by atoms with Gasteiger partial charge in [0.05, 0.1) is 19.8 Å². The first-order chi connectivity index (χ1) is 18.0. The molecule has 6 heteroatoms. The number of aliphatic hydroxyl groups excluding tert-OH is 1. The number of benzene rings is 3. The zero-order chi connectivity index (χ0) is 26.2. The summed E-state index contributed by atoms with van der Waals surface area (Å²) in [7, 11) is 1.42. The first-order valence-electron chi connectivity index (χ1n) is 13.0. The maximum Gasteiger partial charge on any atom is 0.251 e. The standard InChI is InChI=1S/C31H35FN2O3/c1-3-4-5-8-16-34-20-25(27-12-6-7-13-29(27)34)18-26(21-35)33-31(36)24-11-9-10-22(17-24)23-14-15-30(37-2)28(32)19-23/h6-7,9-15,17,19-20,26,35H,3-5,8,16,18,21H2,1-2H3,(H,33,36)/t26-/m1/s1. The van der Waals surface area contributed by atoms with Crippen LogP contribution in [0.15, 0.2) is 72.9 Å². The number of nitrogens with one attached hydrogen (secondary N) is 1. The van der Waals surface area contributed by atoms with Gasteiger partial charge in [-0.3, -0.25) is 4.79 Å². The van der Waals surface area contributed by atoms with Crippen molar-refractivity contribution < 1.29 is 19.0 Å². The summed E-state index contributed by atoms with van der Waals surface area (Å²) >= 11 is 0. The molecule has 194 valence electrons. The molecule has 0 aliphatic heterocycles. The molecule has 0 spiro atoms. The number of methoxy groups -OCH3 is 1. The molecule has 1 amide bonds. The molecule has 2 N–H and O–H groups in total. The van der Waals surface area contributed by atoms with Crippen LogP contribution in [0.4, 0.5) is 4.39 Å². The molecule has 0 bridgehead atoms. The number of carbonyl (C=O) groups is 1. The van der Waals surface area contributed by atoms with Crippen LogP contribution in [0, 0.1) is 5.82 Å². The van der Waals surface area contributed by atoms with Crippen molar-refractivity contribution in [3.8, 4) is 16.9 Å². The lowest BCUT2D eigenvalue weighted by Crippen LogP contribution is -2.39. The number of hydrogen-bond donors (Lipinski definition) is 2. The predicted octanol–water partition coefficient (Wildman–Crippen LogP) is 6.37. The fraction of sp³-hybridized carbons (Fsp3) is 0.323. The van der Waals surface area contributed by atoms with E-state index in [1.54, 1.807) is 30.3 Å². The highest BCUT2D eigenvalue weighted by molar-refractivity contribution is 5.95. The molecule has 0 aliphatic rings.